The van der Waals surface area contributed by atoms with Crippen LogP contribution in [0.2, 0.25) is 0 Å². The predicted molar refractivity (Wildman–Crippen MR) is 183 cm³/mol. The van der Waals surface area contributed by atoms with Gasteiger partial charge in [-0.3, -0.25) is 4.79 Å². The number of alkyl halides is 3. The predicted octanol–water partition coefficient (Wildman–Crippen LogP) is 11.1. The van der Waals surface area contributed by atoms with Crippen LogP contribution in [-0.2, 0) is 11.3 Å². The molecule has 1 unspecified atom stereocenters. The van der Waals surface area contributed by atoms with Crippen molar-refractivity contribution in [2.75, 3.05) is 5.32 Å². The Morgan fingerprint density at radius 2 is 1.70 bits per heavy atom. The number of hydrogen-bond acceptors (Lipinski definition) is 3. The maximum Gasteiger partial charge on any atom is 0.416 e. The Morgan fingerprint density at radius 1 is 1.00 bits per heavy atom. The molecule has 0 heterocycles. The van der Waals surface area contributed by atoms with Crippen molar-refractivity contribution in [1.82, 2.24) is 0 Å². The second kappa shape index (κ2) is 18.4. The minimum Gasteiger partial charge on any atom is -0.353 e. The maximum absolute atomic E-state index is 13.6. The van der Waals surface area contributed by atoms with Crippen LogP contribution in [0.4, 0.5) is 23.2 Å². The molecule has 3 aromatic carbocycles. The van der Waals surface area contributed by atoms with Gasteiger partial charge >= 0.3 is 6.18 Å². The van der Waals surface area contributed by atoms with Crippen LogP contribution in [0.1, 0.15) is 100.0 Å². The Morgan fingerprint density at radius 3 is 2.28 bits per heavy atom. The molecular weight excluding hydrogens is 588 g/mol. The van der Waals surface area contributed by atoms with E-state index in [2.05, 4.69) is 36.5 Å². The number of aryl methyl sites for hydroxylation is 2. The summed E-state index contributed by atoms with van der Waals surface area (Å²) >= 11 is 0. The van der Waals surface area contributed by atoms with Crippen LogP contribution >= 0.6 is 0 Å². The summed E-state index contributed by atoms with van der Waals surface area (Å²) in [5.74, 6) is 0.856. The van der Waals surface area contributed by atoms with Gasteiger partial charge in [-0.2, -0.15) is 13.2 Å². The van der Waals surface area contributed by atoms with Crippen molar-refractivity contribution < 1.29 is 22.4 Å². The van der Waals surface area contributed by atoms with Gasteiger partial charge in [0.25, 0.3) is 0 Å². The van der Waals surface area contributed by atoms with Crippen molar-refractivity contribution in [1.29, 1.82) is 0 Å². The van der Waals surface area contributed by atoms with Crippen molar-refractivity contribution in [3.63, 3.8) is 0 Å². The molecule has 0 aromatic heterocycles. The number of benzene rings is 3. The van der Waals surface area contributed by atoms with Crippen LogP contribution in [0.5, 0.6) is 0 Å². The van der Waals surface area contributed by atoms with Crippen LogP contribution in [-0.4, -0.2) is 12.0 Å². The number of hydrogen-bond donors (Lipinski definition) is 2. The number of ketones is 1. The molecule has 0 bridgehead atoms. The highest BCUT2D eigenvalue weighted by molar-refractivity contribution is 5.98. The number of nitrogens with one attached hydrogen (secondary N) is 1. The third-order valence-corrected chi connectivity index (χ3v) is 7.86. The molecule has 1 atom stereocenters. The third-order valence-electron chi connectivity index (χ3n) is 7.86. The van der Waals surface area contributed by atoms with E-state index in [9.17, 15) is 22.4 Å². The average molecular weight is 639 g/mol. The van der Waals surface area contributed by atoms with Gasteiger partial charge in [0.2, 0.25) is 0 Å². The number of Topliss-reactive ketones (excluding diaryl/α,β-unsaturated/α-hetero) is 1. The molecule has 4 rings (SSSR count). The van der Waals surface area contributed by atoms with Gasteiger partial charge in [-0.25, -0.2) is 4.39 Å². The average Bonchev–Trinajstić information content (AvgIpc) is 3.83. The molecular formula is C39H50F4N2O. The van der Waals surface area contributed by atoms with Crippen LogP contribution < -0.4 is 11.1 Å². The summed E-state index contributed by atoms with van der Waals surface area (Å²) in [6.07, 6.45) is 3.64. The zero-order chi connectivity index (χ0) is 33.0. The molecule has 3 aromatic rings. The highest BCUT2D eigenvalue weighted by atomic mass is 19.4. The van der Waals surface area contributed by atoms with Gasteiger partial charge in [0.1, 0.15) is 5.82 Å². The molecule has 3 N–H and O–H groups in total. The summed E-state index contributed by atoms with van der Waals surface area (Å²) < 4.78 is 52.9. The first-order valence-corrected chi connectivity index (χ1v) is 15.9. The van der Waals surface area contributed by atoms with E-state index >= 15 is 0 Å². The van der Waals surface area contributed by atoms with Gasteiger partial charge in [0.15, 0.2) is 5.78 Å². The lowest BCUT2D eigenvalue weighted by molar-refractivity contribution is -0.115. The number of nitrogens with two attached hydrogens (primary N) is 1. The zero-order valence-electron chi connectivity index (χ0n) is 26.8. The molecule has 0 radical (unpaired) electrons. The Bertz CT molecular complexity index is 1470. The molecule has 0 saturated heterocycles. The van der Waals surface area contributed by atoms with Crippen molar-refractivity contribution in [3.05, 3.63) is 124 Å². The zero-order valence-corrected chi connectivity index (χ0v) is 26.8. The molecule has 250 valence electrons. The van der Waals surface area contributed by atoms with E-state index in [1.165, 1.54) is 42.4 Å². The normalized spacial score (nSPS) is 14.1. The highest BCUT2D eigenvalue weighted by Crippen LogP contribution is 2.39. The Hall–Kier alpha value is -3.71. The fourth-order valence-corrected chi connectivity index (χ4v) is 5.22. The van der Waals surface area contributed by atoms with Gasteiger partial charge in [-0.05, 0) is 92.0 Å². The topological polar surface area (TPSA) is 55.1 Å². The van der Waals surface area contributed by atoms with Crippen molar-refractivity contribution in [2.24, 2.45) is 11.7 Å². The van der Waals surface area contributed by atoms with Crippen molar-refractivity contribution in [2.45, 2.75) is 98.7 Å². The van der Waals surface area contributed by atoms with Crippen LogP contribution in [0.25, 0.3) is 0 Å². The smallest absolute Gasteiger partial charge is 0.353 e. The largest absolute Gasteiger partial charge is 0.416 e. The summed E-state index contributed by atoms with van der Waals surface area (Å²) in [7, 11) is 0. The molecule has 1 aliphatic rings. The SMILES string of the molecule is C.CC/C=C(/C=C(\Nc1cccc(CN)c1)C(=O)CCC)C(F)(F)F.Cc1cccc(C(CCC2CC2)c2ccc(F)c(C)c2)c1. The lowest BCUT2D eigenvalue weighted by atomic mass is 9.85. The molecule has 1 fully saturated rings. The standard InChI is InChI=1S/C20H23F.C18H23F3N2O.CH4/c1-14-4-3-5-17(12-14)19(10-8-16-6-7-16)18-9-11-20(21)15(2)13-18;1-3-6-14(18(19,20)21)11-16(17(24)7-4-2)23-15-9-5-8-13(10-15)12-22;/h3-5,9,11-13,16,19H,6-8,10H2,1-2H3;5-6,8-11,23H,3-4,7,12,22H2,1-2H3;1H4/b;14-6-,16-11-;. The third kappa shape index (κ3) is 12.2. The summed E-state index contributed by atoms with van der Waals surface area (Å²) in [6.45, 7) is 7.72. The first-order valence-electron chi connectivity index (χ1n) is 15.9. The van der Waals surface area contributed by atoms with E-state index in [1.807, 2.05) is 19.1 Å². The molecule has 3 nitrogen and oxygen atoms in total. The Balaban J connectivity index is 0.000000315. The highest BCUT2D eigenvalue weighted by Gasteiger charge is 2.32. The lowest BCUT2D eigenvalue weighted by Gasteiger charge is -2.19. The number of anilines is 1. The van der Waals surface area contributed by atoms with Crippen LogP contribution in [0.3, 0.4) is 0 Å². The van der Waals surface area contributed by atoms with Gasteiger partial charge in [-0.15, -0.1) is 0 Å². The summed E-state index contributed by atoms with van der Waals surface area (Å²) in [5.41, 5.74) is 10.7. The van der Waals surface area contributed by atoms with E-state index in [1.54, 1.807) is 44.2 Å². The van der Waals surface area contributed by atoms with Crippen LogP contribution in [0.15, 0.2) is 90.2 Å². The van der Waals surface area contributed by atoms with Gasteiger partial charge < -0.3 is 11.1 Å². The lowest BCUT2D eigenvalue weighted by Crippen LogP contribution is -2.16. The summed E-state index contributed by atoms with van der Waals surface area (Å²) in [4.78, 5) is 12.2. The summed E-state index contributed by atoms with van der Waals surface area (Å²) in [5, 5.41) is 2.81. The Kier molecular flexibility index (Phi) is 15.4. The number of rotatable bonds is 13. The monoisotopic (exact) mass is 638 g/mol. The van der Waals surface area contributed by atoms with Gasteiger partial charge in [0.05, 0.1) is 11.3 Å². The molecule has 1 saturated carbocycles. The second-order valence-corrected chi connectivity index (χ2v) is 11.8. The molecule has 0 aliphatic heterocycles. The minimum absolute atomic E-state index is 0. The fourth-order valence-electron chi connectivity index (χ4n) is 5.22. The number of halogens is 4. The molecule has 0 spiro atoms. The Labute approximate surface area is 273 Å². The quantitative estimate of drug-likeness (QED) is 0.111. The maximum atomic E-state index is 13.6. The molecule has 7 heteroatoms. The number of allylic oxidation sites excluding steroid dienone is 4. The van der Waals surface area contributed by atoms with Gasteiger partial charge in [-0.1, -0.05) is 94.3 Å². The van der Waals surface area contributed by atoms with E-state index in [0.29, 0.717) is 24.6 Å². The first kappa shape index (κ1) is 38.5. The molecule has 46 heavy (non-hydrogen) atoms. The summed E-state index contributed by atoms with van der Waals surface area (Å²) in [6, 6.07) is 21.3. The number of carbonyl (C=O) groups excluding carboxylic acids is 1. The van der Waals surface area contributed by atoms with Crippen molar-refractivity contribution in [3.8, 4) is 0 Å². The number of carbonyl (C=O) groups is 1. The van der Waals surface area contributed by atoms with Gasteiger partial charge in [0, 0.05) is 24.6 Å². The van der Waals surface area contributed by atoms with E-state index < -0.39 is 11.7 Å². The molecule has 0 amide bonds. The van der Waals surface area contributed by atoms with Crippen LogP contribution in [0, 0.1) is 25.6 Å². The van der Waals surface area contributed by atoms with Crippen molar-refractivity contribution >= 4 is 11.5 Å². The van der Waals surface area contributed by atoms with E-state index in [0.717, 1.165) is 29.2 Å². The minimum atomic E-state index is -4.51. The first-order chi connectivity index (χ1) is 21.4. The fraction of sp³-hybridized carbons (Fsp3) is 0.410. The second-order valence-electron chi connectivity index (χ2n) is 11.8. The van der Waals surface area contributed by atoms with E-state index in [4.69, 9.17) is 5.73 Å². The molecule has 1 aliphatic carbocycles. The van der Waals surface area contributed by atoms with E-state index in [-0.39, 0.29) is 37.6 Å².